The molecule has 2 aromatic rings. The predicted molar refractivity (Wildman–Crippen MR) is 70.8 cm³/mol. The van der Waals surface area contributed by atoms with E-state index in [4.69, 9.17) is 4.74 Å². The van der Waals surface area contributed by atoms with Gasteiger partial charge in [0, 0.05) is 12.2 Å². The van der Waals surface area contributed by atoms with E-state index in [1.165, 1.54) is 11.1 Å². The number of rotatable bonds is 1. The Labute approximate surface area is 111 Å². The maximum atomic E-state index is 11.0. The molecule has 3 heterocycles. The molecule has 0 radical (unpaired) electrons. The highest BCUT2D eigenvalue weighted by Crippen LogP contribution is 2.46. The third kappa shape index (κ3) is 1.50. The molecule has 2 atom stereocenters. The minimum absolute atomic E-state index is 0.0819. The first-order chi connectivity index (χ1) is 9.30. The average molecular weight is 256 g/mol. The van der Waals surface area contributed by atoms with Gasteiger partial charge in [0.1, 0.15) is 5.60 Å². The van der Waals surface area contributed by atoms with Gasteiger partial charge in [-0.3, -0.25) is 0 Å². The van der Waals surface area contributed by atoms with Crippen LogP contribution in [0.25, 0.3) is 11.3 Å². The summed E-state index contributed by atoms with van der Waals surface area (Å²) in [5.41, 5.74) is 2.59. The van der Waals surface area contributed by atoms with Crippen molar-refractivity contribution in [3.05, 3.63) is 42.4 Å². The second-order valence-electron chi connectivity index (χ2n) is 5.44. The van der Waals surface area contributed by atoms with Crippen molar-refractivity contribution in [1.29, 1.82) is 0 Å². The van der Waals surface area contributed by atoms with Crippen LogP contribution in [-0.4, -0.2) is 33.5 Å². The van der Waals surface area contributed by atoms with E-state index in [0.717, 1.165) is 25.1 Å². The number of fused-ring (bicyclic) bond motifs is 3. The van der Waals surface area contributed by atoms with Crippen molar-refractivity contribution in [2.24, 2.45) is 0 Å². The van der Waals surface area contributed by atoms with Crippen molar-refractivity contribution in [1.82, 2.24) is 9.55 Å². The fourth-order valence-electron chi connectivity index (χ4n) is 3.40. The minimum Gasteiger partial charge on any atom is -0.385 e. The first-order valence-electron chi connectivity index (χ1n) is 6.71. The van der Waals surface area contributed by atoms with Gasteiger partial charge in [-0.15, -0.1) is 0 Å². The van der Waals surface area contributed by atoms with Crippen LogP contribution in [0.3, 0.4) is 0 Å². The van der Waals surface area contributed by atoms with Gasteiger partial charge < -0.3 is 14.4 Å². The molecular weight excluding hydrogens is 240 g/mol. The second-order valence-corrected chi connectivity index (χ2v) is 5.44. The van der Waals surface area contributed by atoms with Gasteiger partial charge in [-0.1, -0.05) is 24.3 Å². The summed E-state index contributed by atoms with van der Waals surface area (Å²) in [4.78, 5) is 4.23. The standard InChI is InChI=1S/C15H16N2O2/c18-15(6-3-7-19-9-15)14-12-5-2-1-4-11(12)13-8-16-10-17(13)14/h1-2,4-5,8,10,14,18H,3,6-7,9H2/t14-,15+/m1/s1. The summed E-state index contributed by atoms with van der Waals surface area (Å²) >= 11 is 0. The van der Waals surface area contributed by atoms with Crippen LogP contribution in [0, 0.1) is 0 Å². The lowest BCUT2D eigenvalue weighted by Gasteiger charge is -2.38. The molecule has 1 N–H and O–H groups in total. The van der Waals surface area contributed by atoms with E-state index < -0.39 is 5.60 Å². The van der Waals surface area contributed by atoms with Gasteiger partial charge in [0.15, 0.2) is 0 Å². The van der Waals surface area contributed by atoms with Crippen molar-refractivity contribution < 1.29 is 9.84 Å². The van der Waals surface area contributed by atoms with Gasteiger partial charge in [0.25, 0.3) is 0 Å². The number of hydrogen-bond donors (Lipinski definition) is 1. The zero-order valence-corrected chi connectivity index (χ0v) is 10.6. The quantitative estimate of drug-likeness (QED) is 0.849. The van der Waals surface area contributed by atoms with Gasteiger partial charge in [-0.05, 0) is 18.4 Å². The molecule has 2 aliphatic rings. The monoisotopic (exact) mass is 256 g/mol. The minimum atomic E-state index is -0.833. The number of nitrogens with zero attached hydrogens (tertiary/aromatic N) is 2. The molecule has 19 heavy (non-hydrogen) atoms. The Morgan fingerprint density at radius 1 is 1.37 bits per heavy atom. The number of imidazole rings is 1. The summed E-state index contributed by atoms with van der Waals surface area (Å²) in [6, 6.07) is 8.16. The Morgan fingerprint density at radius 3 is 3.11 bits per heavy atom. The molecule has 1 fully saturated rings. The van der Waals surface area contributed by atoms with Crippen molar-refractivity contribution in [2.75, 3.05) is 13.2 Å². The van der Waals surface area contributed by atoms with Crippen LogP contribution in [0.2, 0.25) is 0 Å². The summed E-state index contributed by atoms with van der Waals surface area (Å²) in [7, 11) is 0. The van der Waals surface area contributed by atoms with Crippen LogP contribution in [0.1, 0.15) is 24.4 Å². The van der Waals surface area contributed by atoms with Gasteiger partial charge in [-0.2, -0.15) is 0 Å². The first-order valence-corrected chi connectivity index (χ1v) is 6.71. The molecule has 0 aliphatic carbocycles. The van der Waals surface area contributed by atoms with E-state index in [-0.39, 0.29) is 6.04 Å². The topological polar surface area (TPSA) is 47.3 Å². The van der Waals surface area contributed by atoms with E-state index in [9.17, 15) is 5.11 Å². The molecule has 0 spiro atoms. The van der Waals surface area contributed by atoms with E-state index in [1.54, 1.807) is 0 Å². The number of aliphatic hydroxyl groups is 1. The van der Waals surface area contributed by atoms with Crippen LogP contribution in [0.4, 0.5) is 0 Å². The molecule has 4 heteroatoms. The number of benzene rings is 1. The zero-order chi connectivity index (χ0) is 12.9. The summed E-state index contributed by atoms with van der Waals surface area (Å²) in [5.74, 6) is 0. The van der Waals surface area contributed by atoms with E-state index >= 15 is 0 Å². The lowest BCUT2D eigenvalue weighted by molar-refractivity contribution is -0.105. The molecular formula is C15H16N2O2. The highest BCUT2D eigenvalue weighted by Gasteiger charge is 2.45. The van der Waals surface area contributed by atoms with Crippen molar-refractivity contribution >= 4 is 0 Å². The van der Waals surface area contributed by atoms with Crippen LogP contribution in [-0.2, 0) is 4.74 Å². The lowest BCUT2D eigenvalue weighted by Crippen LogP contribution is -2.45. The lowest BCUT2D eigenvalue weighted by atomic mass is 9.84. The molecule has 98 valence electrons. The van der Waals surface area contributed by atoms with Crippen LogP contribution >= 0.6 is 0 Å². The Hall–Kier alpha value is -1.65. The number of ether oxygens (including phenoxy) is 1. The summed E-state index contributed by atoms with van der Waals surface area (Å²) in [6.45, 7) is 1.14. The second kappa shape index (κ2) is 3.92. The molecule has 4 rings (SSSR count). The van der Waals surface area contributed by atoms with Gasteiger partial charge in [-0.25, -0.2) is 4.98 Å². The average Bonchev–Trinajstić information content (AvgIpc) is 2.99. The fourth-order valence-corrected chi connectivity index (χ4v) is 3.40. The number of aromatic nitrogens is 2. The summed E-state index contributed by atoms with van der Waals surface area (Å²) in [6.07, 6.45) is 5.35. The highest BCUT2D eigenvalue weighted by atomic mass is 16.5. The van der Waals surface area contributed by atoms with Crippen LogP contribution < -0.4 is 0 Å². The SMILES string of the molecule is O[C@@]1([C@H]2c3ccccc3-c3cncn32)CCCOC1. The first kappa shape index (κ1) is 11.2. The van der Waals surface area contributed by atoms with Gasteiger partial charge in [0.2, 0.25) is 0 Å². The Balaban J connectivity index is 1.89. The smallest absolute Gasteiger partial charge is 0.113 e. The predicted octanol–water partition coefficient (Wildman–Crippen LogP) is 1.99. The molecule has 1 aromatic carbocycles. The molecule has 4 nitrogen and oxygen atoms in total. The van der Waals surface area contributed by atoms with E-state index in [1.807, 2.05) is 24.7 Å². The van der Waals surface area contributed by atoms with Crippen molar-refractivity contribution in [2.45, 2.75) is 24.5 Å². The molecule has 0 unspecified atom stereocenters. The third-order valence-corrected chi connectivity index (χ3v) is 4.23. The zero-order valence-electron chi connectivity index (χ0n) is 10.6. The van der Waals surface area contributed by atoms with Gasteiger partial charge in [0.05, 0.1) is 30.9 Å². The maximum Gasteiger partial charge on any atom is 0.113 e. The normalized spacial score (nSPS) is 29.0. The molecule has 1 saturated heterocycles. The Morgan fingerprint density at radius 2 is 2.26 bits per heavy atom. The van der Waals surface area contributed by atoms with Gasteiger partial charge >= 0.3 is 0 Å². The maximum absolute atomic E-state index is 11.0. The third-order valence-electron chi connectivity index (χ3n) is 4.23. The molecule has 0 saturated carbocycles. The van der Waals surface area contributed by atoms with Crippen molar-refractivity contribution in [3.63, 3.8) is 0 Å². The Kier molecular flexibility index (Phi) is 2.31. The van der Waals surface area contributed by atoms with Crippen molar-refractivity contribution in [3.8, 4) is 11.3 Å². The largest absolute Gasteiger partial charge is 0.385 e. The molecule has 2 aliphatic heterocycles. The summed E-state index contributed by atoms with van der Waals surface area (Å²) < 4.78 is 7.60. The van der Waals surface area contributed by atoms with Crippen LogP contribution in [0.5, 0.6) is 0 Å². The molecule has 1 aromatic heterocycles. The van der Waals surface area contributed by atoms with E-state index in [0.29, 0.717) is 6.61 Å². The summed E-state index contributed by atoms with van der Waals surface area (Å²) in [5, 5.41) is 11.0. The Bertz CT molecular complexity index is 614. The van der Waals surface area contributed by atoms with Crippen LogP contribution in [0.15, 0.2) is 36.8 Å². The fraction of sp³-hybridized carbons (Fsp3) is 0.400. The number of hydrogen-bond acceptors (Lipinski definition) is 3. The highest BCUT2D eigenvalue weighted by molar-refractivity contribution is 5.69. The molecule has 0 amide bonds. The molecule has 0 bridgehead atoms. The van der Waals surface area contributed by atoms with E-state index in [2.05, 4.69) is 21.7 Å².